The van der Waals surface area contributed by atoms with Crippen molar-refractivity contribution < 1.29 is 0 Å². The molecule has 0 N–H and O–H groups in total. The van der Waals surface area contributed by atoms with E-state index in [2.05, 4.69) is 24.0 Å². The zero-order valence-corrected chi connectivity index (χ0v) is 10.4. The number of hydrogen-bond acceptors (Lipinski definition) is 2. The Labute approximate surface area is 106 Å². The van der Waals surface area contributed by atoms with Crippen LogP contribution < -0.4 is 0 Å². The summed E-state index contributed by atoms with van der Waals surface area (Å²) in [5.74, 6) is 1.78. The molecule has 2 heterocycles. The molecule has 1 aliphatic carbocycles. The molecule has 2 nitrogen and oxygen atoms in total. The minimum atomic E-state index is 0.535. The molecule has 0 amide bonds. The van der Waals surface area contributed by atoms with E-state index in [0.29, 0.717) is 12.0 Å². The summed E-state index contributed by atoms with van der Waals surface area (Å²) in [7, 11) is 0. The lowest BCUT2D eigenvalue weighted by atomic mass is 10.0. The van der Waals surface area contributed by atoms with Crippen LogP contribution in [0.5, 0.6) is 0 Å². The summed E-state index contributed by atoms with van der Waals surface area (Å²) < 4.78 is 0. The van der Waals surface area contributed by atoms with Crippen molar-refractivity contribution in [3.63, 3.8) is 0 Å². The minimum absolute atomic E-state index is 0.535. The maximum Gasteiger partial charge on any atom is 0.113 e. The SMILES string of the molecule is Cc1cc(Cl)cc2c1CN1C(=N2)C2C=CC1C2. The molecular weight excluding hydrogens is 232 g/mol. The van der Waals surface area contributed by atoms with Crippen molar-refractivity contribution in [1.82, 2.24) is 4.90 Å². The quantitative estimate of drug-likeness (QED) is 0.639. The van der Waals surface area contributed by atoms with Gasteiger partial charge in [-0.15, -0.1) is 0 Å². The summed E-state index contributed by atoms with van der Waals surface area (Å²) in [6.45, 7) is 3.11. The predicted octanol–water partition coefficient (Wildman–Crippen LogP) is 3.45. The third kappa shape index (κ3) is 1.25. The molecule has 2 aliphatic heterocycles. The van der Waals surface area contributed by atoms with Crippen LogP contribution in [0.25, 0.3) is 0 Å². The van der Waals surface area contributed by atoms with Gasteiger partial charge in [-0.3, -0.25) is 0 Å². The van der Waals surface area contributed by atoms with Gasteiger partial charge in [0.25, 0.3) is 0 Å². The van der Waals surface area contributed by atoms with Gasteiger partial charge in [0, 0.05) is 29.1 Å². The molecule has 3 aliphatic rings. The van der Waals surface area contributed by atoms with E-state index in [1.165, 1.54) is 23.4 Å². The van der Waals surface area contributed by atoms with Gasteiger partial charge >= 0.3 is 0 Å². The van der Waals surface area contributed by atoms with E-state index in [0.717, 1.165) is 17.3 Å². The smallest absolute Gasteiger partial charge is 0.113 e. The summed E-state index contributed by atoms with van der Waals surface area (Å²) in [5.41, 5.74) is 3.66. The molecule has 1 fully saturated rings. The molecule has 1 saturated heterocycles. The number of rotatable bonds is 0. The number of amidine groups is 1. The molecule has 86 valence electrons. The molecule has 0 radical (unpaired) electrons. The average Bonchev–Trinajstić information content (AvgIpc) is 2.87. The Morgan fingerprint density at radius 1 is 1.35 bits per heavy atom. The van der Waals surface area contributed by atoms with Gasteiger partial charge in [-0.05, 0) is 31.0 Å². The molecule has 0 spiro atoms. The third-order valence-corrected chi connectivity index (χ3v) is 4.28. The molecule has 2 atom stereocenters. The first kappa shape index (κ1) is 9.72. The summed E-state index contributed by atoms with van der Waals surface area (Å²) in [4.78, 5) is 7.26. The summed E-state index contributed by atoms with van der Waals surface area (Å²) in [5, 5.41) is 0.790. The van der Waals surface area contributed by atoms with E-state index in [1.54, 1.807) is 0 Å². The Kier molecular flexibility index (Phi) is 1.79. The Morgan fingerprint density at radius 3 is 3.12 bits per heavy atom. The number of aryl methyl sites for hydroxylation is 1. The van der Waals surface area contributed by atoms with Gasteiger partial charge in [-0.2, -0.15) is 0 Å². The van der Waals surface area contributed by atoms with Gasteiger partial charge in [-0.25, -0.2) is 4.99 Å². The van der Waals surface area contributed by atoms with Crippen LogP contribution in [0.4, 0.5) is 5.69 Å². The Balaban J connectivity index is 1.90. The summed E-state index contributed by atoms with van der Waals surface area (Å²) in [6, 6.07) is 4.59. The molecule has 3 heteroatoms. The molecule has 4 rings (SSSR count). The van der Waals surface area contributed by atoms with Crippen molar-refractivity contribution in [2.24, 2.45) is 10.9 Å². The monoisotopic (exact) mass is 244 g/mol. The molecule has 1 aromatic rings. The van der Waals surface area contributed by atoms with Crippen LogP contribution in [0.3, 0.4) is 0 Å². The fraction of sp³-hybridized carbons (Fsp3) is 0.357. The molecule has 1 aromatic carbocycles. The number of hydrogen-bond donors (Lipinski definition) is 0. The number of fused-ring (bicyclic) bond motifs is 6. The maximum atomic E-state index is 6.11. The first-order valence-electron chi connectivity index (χ1n) is 6.05. The van der Waals surface area contributed by atoms with Crippen molar-refractivity contribution >= 4 is 23.1 Å². The van der Waals surface area contributed by atoms with Crippen molar-refractivity contribution in [2.75, 3.05) is 0 Å². The van der Waals surface area contributed by atoms with Gasteiger partial charge in [0.2, 0.25) is 0 Å². The number of nitrogens with zero attached hydrogens (tertiary/aromatic N) is 2. The predicted molar refractivity (Wildman–Crippen MR) is 69.9 cm³/mol. The molecular formula is C14H13ClN2. The van der Waals surface area contributed by atoms with Crippen LogP contribution >= 0.6 is 11.6 Å². The van der Waals surface area contributed by atoms with Crippen LogP contribution in [0.15, 0.2) is 29.3 Å². The average molecular weight is 245 g/mol. The highest BCUT2D eigenvalue weighted by Gasteiger charge is 2.41. The fourth-order valence-corrected chi connectivity index (χ4v) is 3.45. The van der Waals surface area contributed by atoms with Crippen LogP contribution in [-0.2, 0) is 6.54 Å². The highest BCUT2D eigenvalue weighted by atomic mass is 35.5. The van der Waals surface area contributed by atoms with E-state index in [4.69, 9.17) is 16.6 Å². The van der Waals surface area contributed by atoms with E-state index < -0.39 is 0 Å². The van der Waals surface area contributed by atoms with Crippen LogP contribution in [0.2, 0.25) is 5.02 Å². The largest absolute Gasteiger partial charge is 0.349 e. The second-order valence-corrected chi connectivity index (χ2v) is 5.55. The van der Waals surface area contributed by atoms with Gasteiger partial charge in [0.1, 0.15) is 5.84 Å². The standard InChI is InChI=1S/C14H13ClN2/c1-8-4-10(15)6-13-12(8)7-17-11-3-2-9(5-11)14(17)16-13/h2-4,6,9,11H,5,7H2,1H3. The maximum absolute atomic E-state index is 6.11. The molecule has 2 unspecified atom stereocenters. The number of aliphatic imine (C=N–C) groups is 1. The Bertz CT molecular complexity index is 574. The minimum Gasteiger partial charge on any atom is -0.349 e. The van der Waals surface area contributed by atoms with Crippen molar-refractivity contribution in [3.8, 4) is 0 Å². The summed E-state index contributed by atoms with van der Waals surface area (Å²) >= 11 is 6.11. The van der Waals surface area contributed by atoms with Crippen molar-refractivity contribution in [3.05, 3.63) is 40.4 Å². The molecule has 2 bridgehead atoms. The number of halogens is 1. The third-order valence-electron chi connectivity index (χ3n) is 4.06. The second kappa shape index (κ2) is 3.14. The molecule has 0 aromatic heterocycles. The first-order chi connectivity index (χ1) is 8.22. The van der Waals surface area contributed by atoms with E-state index >= 15 is 0 Å². The van der Waals surface area contributed by atoms with Crippen LogP contribution in [0.1, 0.15) is 17.5 Å². The second-order valence-electron chi connectivity index (χ2n) is 5.11. The van der Waals surface area contributed by atoms with Gasteiger partial charge in [-0.1, -0.05) is 23.8 Å². The van der Waals surface area contributed by atoms with Crippen LogP contribution in [0, 0.1) is 12.8 Å². The highest BCUT2D eigenvalue weighted by molar-refractivity contribution is 6.31. The molecule has 0 saturated carbocycles. The molecule has 17 heavy (non-hydrogen) atoms. The lowest BCUT2D eigenvalue weighted by Crippen LogP contribution is -2.36. The lowest BCUT2D eigenvalue weighted by molar-refractivity contribution is 0.377. The lowest BCUT2D eigenvalue weighted by Gasteiger charge is -2.32. The van der Waals surface area contributed by atoms with Gasteiger partial charge in [0.15, 0.2) is 0 Å². The van der Waals surface area contributed by atoms with Gasteiger partial charge < -0.3 is 4.90 Å². The fourth-order valence-electron chi connectivity index (χ4n) is 3.19. The van der Waals surface area contributed by atoms with Crippen molar-refractivity contribution in [1.29, 1.82) is 0 Å². The highest BCUT2D eigenvalue weighted by Crippen LogP contribution is 2.41. The summed E-state index contributed by atoms with van der Waals surface area (Å²) in [6.07, 6.45) is 5.82. The van der Waals surface area contributed by atoms with Gasteiger partial charge in [0.05, 0.1) is 5.69 Å². The zero-order chi connectivity index (χ0) is 11.6. The topological polar surface area (TPSA) is 15.6 Å². The zero-order valence-electron chi connectivity index (χ0n) is 9.65. The first-order valence-corrected chi connectivity index (χ1v) is 6.43. The normalized spacial score (nSPS) is 28.1. The Hall–Kier alpha value is -1.28. The van der Waals surface area contributed by atoms with Crippen molar-refractivity contribution in [2.45, 2.75) is 25.9 Å². The van der Waals surface area contributed by atoms with E-state index in [1.807, 2.05) is 12.1 Å². The van der Waals surface area contributed by atoms with E-state index in [-0.39, 0.29) is 0 Å². The Morgan fingerprint density at radius 2 is 2.24 bits per heavy atom. The van der Waals surface area contributed by atoms with E-state index in [9.17, 15) is 0 Å². The number of benzene rings is 1. The van der Waals surface area contributed by atoms with Crippen LogP contribution in [-0.4, -0.2) is 16.8 Å².